The van der Waals surface area contributed by atoms with Gasteiger partial charge < -0.3 is 9.88 Å². The fourth-order valence-corrected chi connectivity index (χ4v) is 1.92. The van der Waals surface area contributed by atoms with Gasteiger partial charge >= 0.3 is 0 Å². The summed E-state index contributed by atoms with van der Waals surface area (Å²) in [7, 11) is -0.0911. The molecule has 0 aromatic carbocycles. The van der Waals surface area contributed by atoms with Crippen LogP contribution in [-0.4, -0.2) is 26.5 Å². The van der Waals surface area contributed by atoms with Gasteiger partial charge in [0, 0.05) is 18.9 Å². The van der Waals surface area contributed by atoms with Crippen molar-refractivity contribution in [3.05, 3.63) is 23.9 Å². The minimum absolute atomic E-state index is 0.647. The van der Waals surface area contributed by atoms with Crippen molar-refractivity contribution in [3.63, 3.8) is 0 Å². The molecule has 0 aliphatic heterocycles. The van der Waals surface area contributed by atoms with Gasteiger partial charge in [-0.1, -0.05) is 12.2 Å². The largest absolute Gasteiger partial charge is 0.391 e. The number of nitrogens with one attached hydrogen (secondary N) is 1. The lowest BCUT2D eigenvalue weighted by molar-refractivity contribution is 0.583. The maximum absolute atomic E-state index is 11.4. The first kappa shape index (κ1) is 11.5. The highest BCUT2D eigenvalue weighted by Crippen LogP contribution is 2.37. The smallest absolute Gasteiger partial charge is 0.0875 e. The van der Waals surface area contributed by atoms with E-state index in [-0.39, 0.29) is 0 Å². The molecule has 0 fully saturated rings. The van der Waals surface area contributed by atoms with Gasteiger partial charge in [-0.25, -0.2) is 0 Å². The molecule has 0 heterocycles. The molecule has 0 rings (SSSR count). The Kier molecular flexibility index (Phi) is 5.00. The van der Waals surface area contributed by atoms with Gasteiger partial charge in [0.15, 0.2) is 0 Å². The third-order valence-electron chi connectivity index (χ3n) is 1.36. The van der Waals surface area contributed by atoms with Gasteiger partial charge in [0.05, 0.1) is 7.14 Å². The van der Waals surface area contributed by atoms with Crippen LogP contribution in [0.5, 0.6) is 0 Å². The first-order chi connectivity index (χ1) is 5.49. The molecule has 0 radical (unpaired) electrons. The molecule has 0 aliphatic carbocycles. The Morgan fingerprint density at radius 2 is 2.08 bits per heavy atom. The van der Waals surface area contributed by atoms with Crippen molar-refractivity contribution in [1.82, 2.24) is 5.32 Å². The van der Waals surface area contributed by atoms with E-state index in [0.717, 1.165) is 5.70 Å². The minimum atomic E-state index is -1.94. The Morgan fingerprint density at radius 3 is 2.42 bits per heavy atom. The fraction of sp³-hybridized carbons (Fsp3) is 0.556. The Labute approximate surface area is 75.1 Å². The van der Waals surface area contributed by atoms with Crippen molar-refractivity contribution in [2.24, 2.45) is 0 Å². The molecule has 1 N–H and O–H groups in total. The van der Waals surface area contributed by atoms with Gasteiger partial charge in [0.25, 0.3) is 0 Å². The van der Waals surface area contributed by atoms with Crippen LogP contribution in [-0.2, 0) is 4.57 Å². The highest BCUT2D eigenvalue weighted by atomic mass is 31.2. The molecular weight excluding hydrogens is 169 g/mol. The molecule has 0 saturated carbocycles. The van der Waals surface area contributed by atoms with Crippen LogP contribution in [0, 0.1) is 0 Å². The summed E-state index contributed by atoms with van der Waals surface area (Å²) in [5.74, 6) is 0. The Morgan fingerprint density at radius 1 is 1.50 bits per heavy atom. The van der Waals surface area contributed by atoms with E-state index < -0.39 is 7.14 Å². The van der Waals surface area contributed by atoms with Crippen molar-refractivity contribution in [1.29, 1.82) is 0 Å². The molecule has 0 aliphatic rings. The molecule has 0 bridgehead atoms. The summed E-state index contributed by atoms with van der Waals surface area (Å²) >= 11 is 0. The van der Waals surface area contributed by atoms with Crippen molar-refractivity contribution in [2.75, 3.05) is 26.5 Å². The summed E-state index contributed by atoms with van der Waals surface area (Å²) in [6, 6.07) is 0. The van der Waals surface area contributed by atoms with E-state index >= 15 is 0 Å². The zero-order valence-electron chi connectivity index (χ0n) is 8.29. The molecular formula is C9H18NOP. The van der Waals surface area contributed by atoms with Crippen LogP contribution in [0.1, 0.15) is 6.92 Å². The molecule has 0 unspecified atom stereocenters. The summed E-state index contributed by atoms with van der Waals surface area (Å²) in [6.45, 7) is 5.56. The molecule has 12 heavy (non-hydrogen) atoms. The normalized spacial score (nSPS) is 13.8. The molecule has 2 nitrogen and oxygen atoms in total. The molecule has 0 spiro atoms. The van der Waals surface area contributed by atoms with Crippen LogP contribution in [0.2, 0.25) is 0 Å². The predicted octanol–water partition coefficient (Wildman–Crippen LogP) is 2.29. The summed E-state index contributed by atoms with van der Waals surface area (Å²) in [5.41, 5.74) is 1.03. The van der Waals surface area contributed by atoms with E-state index in [1.54, 1.807) is 13.3 Å². The van der Waals surface area contributed by atoms with Crippen LogP contribution < -0.4 is 5.32 Å². The van der Waals surface area contributed by atoms with E-state index in [9.17, 15) is 4.57 Å². The maximum atomic E-state index is 11.4. The van der Waals surface area contributed by atoms with Crippen LogP contribution in [0.3, 0.4) is 0 Å². The lowest BCUT2D eigenvalue weighted by Crippen LogP contribution is -2.09. The predicted molar refractivity (Wildman–Crippen MR) is 56.3 cm³/mol. The zero-order chi connectivity index (χ0) is 9.61. The number of allylic oxidation sites excluding steroid dienone is 4. The highest BCUT2D eigenvalue weighted by Gasteiger charge is 2.08. The van der Waals surface area contributed by atoms with Gasteiger partial charge in [-0.3, -0.25) is 0 Å². The highest BCUT2D eigenvalue weighted by molar-refractivity contribution is 7.62. The van der Waals surface area contributed by atoms with Gasteiger partial charge in [-0.15, -0.1) is 0 Å². The molecule has 3 heteroatoms. The molecule has 0 atom stereocenters. The van der Waals surface area contributed by atoms with Gasteiger partial charge in [0.2, 0.25) is 0 Å². The Hall–Kier alpha value is -0.490. The van der Waals surface area contributed by atoms with Gasteiger partial charge in [0.1, 0.15) is 0 Å². The van der Waals surface area contributed by atoms with Gasteiger partial charge in [-0.05, 0) is 26.3 Å². The Balaban J connectivity index is 4.28. The average molecular weight is 187 g/mol. The zero-order valence-corrected chi connectivity index (χ0v) is 9.19. The monoisotopic (exact) mass is 187 g/mol. The standard InChI is InChI=1S/C9H18NOP/c1-5-6-7-9(10-2)8-12(3,4)11/h5-7,10H,8H2,1-4H3/b6-5-,9-7+. The summed E-state index contributed by atoms with van der Waals surface area (Å²) < 4.78 is 11.4. The topological polar surface area (TPSA) is 29.1 Å². The Bertz CT molecular complexity index is 225. The molecule has 0 aromatic heterocycles. The average Bonchev–Trinajstić information content (AvgIpc) is 1.95. The van der Waals surface area contributed by atoms with E-state index in [4.69, 9.17) is 0 Å². The summed E-state index contributed by atoms with van der Waals surface area (Å²) in [5, 5.41) is 3.03. The van der Waals surface area contributed by atoms with Crippen LogP contribution in [0.4, 0.5) is 0 Å². The SMILES string of the molecule is C/C=C\C=C(/CP(C)(C)=O)NC. The van der Waals surface area contributed by atoms with Crippen LogP contribution in [0.25, 0.3) is 0 Å². The first-order valence-corrected chi connectivity index (χ1v) is 6.82. The lowest BCUT2D eigenvalue weighted by Gasteiger charge is -2.09. The number of hydrogen-bond acceptors (Lipinski definition) is 2. The quantitative estimate of drug-likeness (QED) is 0.540. The van der Waals surface area contributed by atoms with E-state index in [1.807, 2.05) is 32.2 Å². The van der Waals surface area contributed by atoms with Crippen LogP contribution in [0.15, 0.2) is 23.9 Å². The van der Waals surface area contributed by atoms with E-state index in [0.29, 0.717) is 6.16 Å². The van der Waals surface area contributed by atoms with Crippen molar-refractivity contribution in [2.45, 2.75) is 6.92 Å². The molecule has 0 amide bonds. The van der Waals surface area contributed by atoms with Crippen molar-refractivity contribution < 1.29 is 4.57 Å². The minimum Gasteiger partial charge on any atom is -0.391 e. The van der Waals surface area contributed by atoms with Crippen LogP contribution >= 0.6 is 7.14 Å². The molecule has 0 saturated heterocycles. The number of rotatable bonds is 4. The maximum Gasteiger partial charge on any atom is 0.0875 e. The second-order valence-corrected chi connectivity index (χ2v) is 6.66. The second-order valence-electron chi connectivity index (χ2n) is 3.20. The summed E-state index contributed by atoms with van der Waals surface area (Å²) in [6.07, 6.45) is 6.50. The fourth-order valence-electron chi connectivity index (χ4n) is 0.838. The van der Waals surface area contributed by atoms with E-state index in [1.165, 1.54) is 0 Å². The molecule has 70 valence electrons. The summed E-state index contributed by atoms with van der Waals surface area (Å²) in [4.78, 5) is 0. The molecule has 0 aromatic rings. The third kappa shape index (κ3) is 6.23. The number of hydrogen-bond donors (Lipinski definition) is 1. The lowest BCUT2D eigenvalue weighted by atomic mass is 10.4. The van der Waals surface area contributed by atoms with E-state index in [2.05, 4.69) is 5.32 Å². The first-order valence-electron chi connectivity index (χ1n) is 4.03. The van der Waals surface area contributed by atoms with Crippen molar-refractivity contribution >= 4 is 7.14 Å². The van der Waals surface area contributed by atoms with Crippen molar-refractivity contribution in [3.8, 4) is 0 Å². The third-order valence-corrected chi connectivity index (χ3v) is 2.46. The second kappa shape index (κ2) is 5.21. The van der Waals surface area contributed by atoms with Gasteiger partial charge in [-0.2, -0.15) is 0 Å².